The molecule has 3 N–H and O–H groups in total. The second-order valence-corrected chi connectivity index (χ2v) is 5.50. The molecule has 1 aromatic heterocycles. The van der Waals surface area contributed by atoms with Crippen molar-refractivity contribution in [1.82, 2.24) is 9.88 Å². The van der Waals surface area contributed by atoms with Gasteiger partial charge in [-0.3, -0.25) is 4.98 Å². The first-order chi connectivity index (χ1) is 8.58. The molecule has 98 valence electrons. The number of nitrogens with two attached hydrogens (primary N) is 1. The lowest BCUT2D eigenvalue weighted by molar-refractivity contribution is 0.206. The summed E-state index contributed by atoms with van der Waals surface area (Å²) in [5.41, 5.74) is 7.56. The second-order valence-electron chi connectivity index (χ2n) is 5.06. The van der Waals surface area contributed by atoms with Gasteiger partial charge in [-0.1, -0.05) is 19.1 Å². The number of pyridine rings is 1. The molecule has 4 nitrogen and oxygen atoms in total. The molecule has 2 unspecified atom stereocenters. The highest BCUT2D eigenvalue weighted by molar-refractivity contribution is 7.80. The lowest BCUT2D eigenvalue weighted by Gasteiger charge is -2.36. The standard InChI is InChI=1S/C13H20N4S/c1-9-8-17(2)6-4-11(9)16-12-7-15-5-3-10(12)13(14)18/h3,5,7,9,11,16H,4,6,8H2,1-2H3,(H2,14,18). The molecule has 2 atom stereocenters. The molecular formula is C13H20N4S. The number of hydrogen-bond donors (Lipinski definition) is 2. The summed E-state index contributed by atoms with van der Waals surface area (Å²) < 4.78 is 0. The van der Waals surface area contributed by atoms with Crippen LogP contribution in [-0.4, -0.2) is 41.1 Å². The average molecular weight is 264 g/mol. The Morgan fingerprint density at radius 3 is 3.06 bits per heavy atom. The summed E-state index contributed by atoms with van der Waals surface area (Å²) in [6.45, 7) is 4.50. The molecule has 0 aliphatic carbocycles. The number of nitrogens with one attached hydrogen (secondary N) is 1. The molecule has 1 fully saturated rings. The quantitative estimate of drug-likeness (QED) is 0.810. The van der Waals surface area contributed by atoms with Gasteiger partial charge in [-0.2, -0.15) is 0 Å². The number of thiocarbonyl (C=S) groups is 1. The first-order valence-electron chi connectivity index (χ1n) is 6.27. The van der Waals surface area contributed by atoms with Crippen molar-refractivity contribution in [3.63, 3.8) is 0 Å². The molecule has 0 amide bonds. The van der Waals surface area contributed by atoms with E-state index in [1.807, 2.05) is 6.07 Å². The number of likely N-dealkylation sites (tertiary alicyclic amines) is 1. The second kappa shape index (κ2) is 5.63. The molecule has 0 spiro atoms. The van der Waals surface area contributed by atoms with Gasteiger partial charge in [0, 0.05) is 24.3 Å². The van der Waals surface area contributed by atoms with Gasteiger partial charge < -0.3 is 16.0 Å². The third-order valence-corrected chi connectivity index (χ3v) is 3.76. The van der Waals surface area contributed by atoms with Crippen molar-refractivity contribution in [2.45, 2.75) is 19.4 Å². The first-order valence-corrected chi connectivity index (χ1v) is 6.67. The van der Waals surface area contributed by atoms with Crippen molar-refractivity contribution in [2.75, 3.05) is 25.5 Å². The van der Waals surface area contributed by atoms with E-state index in [0.29, 0.717) is 16.9 Å². The van der Waals surface area contributed by atoms with Gasteiger partial charge in [0.1, 0.15) is 4.99 Å². The fourth-order valence-corrected chi connectivity index (χ4v) is 2.67. The minimum Gasteiger partial charge on any atom is -0.389 e. The van der Waals surface area contributed by atoms with Crippen LogP contribution in [-0.2, 0) is 0 Å². The molecule has 1 aliphatic rings. The molecule has 1 saturated heterocycles. The van der Waals surface area contributed by atoms with Gasteiger partial charge >= 0.3 is 0 Å². The fourth-order valence-electron chi connectivity index (χ4n) is 2.49. The fraction of sp³-hybridized carbons (Fsp3) is 0.538. The average Bonchev–Trinajstić information content (AvgIpc) is 2.33. The van der Waals surface area contributed by atoms with Crippen LogP contribution in [0.3, 0.4) is 0 Å². The molecular weight excluding hydrogens is 244 g/mol. The molecule has 5 heteroatoms. The predicted molar refractivity (Wildman–Crippen MR) is 78.8 cm³/mol. The smallest absolute Gasteiger partial charge is 0.106 e. The van der Waals surface area contributed by atoms with Crippen LogP contribution in [0.5, 0.6) is 0 Å². The van der Waals surface area contributed by atoms with E-state index in [1.165, 1.54) is 0 Å². The third-order valence-electron chi connectivity index (χ3n) is 3.54. The van der Waals surface area contributed by atoms with E-state index < -0.39 is 0 Å². The van der Waals surface area contributed by atoms with Crippen LogP contribution in [0.4, 0.5) is 5.69 Å². The number of nitrogens with zero attached hydrogens (tertiary/aromatic N) is 2. The van der Waals surface area contributed by atoms with E-state index in [9.17, 15) is 0 Å². The number of aromatic nitrogens is 1. The summed E-state index contributed by atoms with van der Waals surface area (Å²) in [5, 5.41) is 3.54. The predicted octanol–water partition coefficient (Wildman–Crippen LogP) is 1.47. The number of rotatable bonds is 3. The van der Waals surface area contributed by atoms with Crippen LogP contribution in [0.2, 0.25) is 0 Å². The van der Waals surface area contributed by atoms with E-state index in [4.69, 9.17) is 18.0 Å². The van der Waals surface area contributed by atoms with Gasteiger partial charge in [-0.25, -0.2) is 0 Å². The Hall–Kier alpha value is -1.20. The molecule has 0 aromatic carbocycles. The van der Waals surface area contributed by atoms with Crippen LogP contribution < -0.4 is 11.1 Å². The van der Waals surface area contributed by atoms with Crippen molar-refractivity contribution >= 4 is 22.9 Å². The van der Waals surface area contributed by atoms with Crippen LogP contribution in [0.25, 0.3) is 0 Å². The summed E-state index contributed by atoms with van der Waals surface area (Å²) >= 11 is 5.07. The van der Waals surface area contributed by atoms with Gasteiger partial charge in [-0.05, 0) is 32.0 Å². The summed E-state index contributed by atoms with van der Waals surface area (Å²) in [4.78, 5) is 6.92. The van der Waals surface area contributed by atoms with Crippen molar-refractivity contribution in [2.24, 2.45) is 11.7 Å². The molecule has 1 aromatic rings. The molecule has 0 bridgehead atoms. The highest BCUT2D eigenvalue weighted by Crippen LogP contribution is 2.22. The van der Waals surface area contributed by atoms with E-state index >= 15 is 0 Å². The zero-order chi connectivity index (χ0) is 13.1. The molecule has 1 aliphatic heterocycles. The van der Waals surface area contributed by atoms with Crippen molar-refractivity contribution in [3.05, 3.63) is 24.0 Å². The van der Waals surface area contributed by atoms with E-state index in [1.54, 1.807) is 12.4 Å². The van der Waals surface area contributed by atoms with E-state index in [2.05, 4.69) is 29.2 Å². The Morgan fingerprint density at radius 2 is 2.39 bits per heavy atom. The van der Waals surface area contributed by atoms with Gasteiger partial charge in [-0.15, -0.1) is 0 Å². The monoisotopic (exact) mass is 264 g/mol. The van der Waals surface area contributed by atoms with Crippen LogP contribution in [0.15, 0.2) is 18.5 Å². The maximum atomic E-state index is 5.73. The van der Waals surface area contributed by atoms with Gasteiger partial charge in [0.05, 0.1) is 11.9 Å². The topological polar surface area (TPSA) is 54.2 Å². The lowest BCUT2D eigenvalue weighted by atomic mass is 9.94. The van der Waals surface area contributed by atoms with Crippen molar-refractivity contribution < 1.29 is 0 Å². The molecule has 2 heterocycles. The number of piperidine rings is 1. The summed E-state index contributed by atoms with van der Waals surface area (Å²) in [7, 11) is 2.16. The summed E-state index contributed by atoms with van der Waals surface area (Å²) in [6.07, 6.45) is 4.65. The van der Waals surface area contributed by atoms with Crippen molar-refractivity contribution in [1.29, 1.82) is 0 Å². The molecule has 0 saturated carbocycles. The molecule has 18 heavy (non-hydrogen) atoms. The third kappa shape index (κ3) is 2.97. The van der Waals surface area contributed by atoms with Gasteiger partial charge in [0.2, 0.25) is 0 Å². The maximum Gasteiger partial charge on any atom is 0.106 e. The Bertz CT molecular complexity index is 435. The summed E-state index contributed by atoms with van der Waals surface area (Å²) in [6, 6.07) is 2.32. The molecule has 0 radical (unpaired) electrons. The first kappa shape index (κ1) is 13.2. The van der Waals surface area contributed by atoms with E-state index in [-0.39, 0.29) is 0 Å². The highest BCUT2D eigenvalue weighted by Gasteiger charge is 2.24. The zero-order valence-corrected chi connectivity index (χ0v) is 11.7. The largest absolute Gasteiger partial charge is 0.389 e. The zero-order valence-electron chi connectivity index (χ0n) is 10.9. The van der Waals surface area contributed by atoms with Crippen LogP contribution in [0, 0.1) is 5.92 Å². The Balaban J connectivity index is 2.12. The SMILES string of the molecule is CC1CN(C)CCC1Nc1cnccc1C(N)=S. The minimum absolute atomic E-state index is 0.417. The normalized spacial score (nSPS) is 24.8. The minimum atomic E-state index is 0.417. The van der Waals surface area contributed by atoms with Gasteiger partial charge in [0.25, 0.3) is 0 Å². The van der Waals surface area contributed by atoms with Gasteiger partial charge in [0.15, 0.2) is 0 Å². The highest BCUT2D eigenvalue weighted by atomic mass is 32.1. The number of anilines is 1. The maximum absolute atomic E-state index is 5.73. The van der Waals surface area contributed by atoms with E-state index in [0.717, 1.165) is 30.8 Å². The van der Waals surface area contributed by atoms with Crippen LogP contribution in [0.1, 0.15) is 18.9 Å². The Kier molecular flexibility index (Phi) is 4.14. The van der Waals surface area contributed by atoms with Crippen molar-refractivity contribution in [3.8, 4) is 0 Å². The lowest BCUT2D eigenvalue weighted by Crippen LogP contribution is -2.43. The molecule has 2 rings (SSSR count). The Morgan fingerprint density at radius 1 is 1.61 bits per heavy atom. The summed E-state index contributed by atoms with van der Waals surface area (Å²) in [5.74, 6) is 0.600. The Labute approximate surface area is 114 Å². The van der Waals surface area contributed by atoms with Crippen LogP contribution >= 0.6 is 12.2 Å². The number of hydrogen-bond acceptors (Lipinski definition) is 4.